The van der Waals surface area contributed by atoms with Crippen LogP contribution in [0.2, 0.25) is 0 Å². The van der Waals surface area contributed by atoms with E-state index in [1.165, 1.54) is 24.3 Å². The van der Waals surface area contributed by atoms with Gasteiger partial charge in [0.15, 0.2) is 0 Å². The predicted octanol–water partition coefficient (Wildman–Crippen LogP) is 2.45. The maximum absolute atomic E-state index is 12.4. The van der Waals surface area contributed by atoms with Gasteiger partial charge in [-0.2, -0.15) is 0 Å². The van der Waals surface area contributed by atoms with Crippen LogP contribution in [0.15, 0.2) is 29.2 Å². The summed E-state index contributed by atoms with van der Waals surface area (Å²) in [4.78, 5) is 0.0824. The Balaban J connectivity index is 0.00000625. The van der Waals surface area contributed by atoms with Crippen molar-refractivity contribution in [2.24, 2.45) is 5.73 Å². The zero-order chi connectivity index (χ0) is 18.9. The molecular formula is C16H30ClN3O4S2. The largest absolute Gasteiger partial charge is 0.329 e. The summed E-state index contributed by atoms with van der Waals surface area (Å²) in [6.07, 6.45) is 3.89. The smallest absolute Gasteiger partial charge is 0.240 e. The second kappa shape index (κ2) is 11.8. The monoisotopic (exact) mass is 427 g/mol. The Morgan fingerprint density at radius 3 is 2.08 bits per heavy atom. The molecule has 26 heavy (non-hydrogen) atoms. The molecule has 0 fully saturated rings. The van der Waals surface area contributed by atoms with Gasteiger partial charge in [-0.15, -0.1) is 12.4 Å². The molecule has 0 saturated heterocycles. The minimum atomic E-state index is -3.68. The normalized spacial score (nSPS) is 13.0. The van der Waals surface area contributed by atoms with E-state index in [0.29, 0.717) is 18.5 Å². The summed E-state index contributed by atoms with van der Waals surface area (Å²) in [6.45, 7) is 4.17. The van der Waals surface area contributed by atoms with Crippen LogP contribution in [-0.4, -0.2) is 35.2 Å². The van der Waals surface area contributed by atoms with Gasteiger partial charge < -0.3 is 5.73 Å². The van der Waals surface area contributed by atoms with Crippen LogP contribution < -0.4 is 15.2 Å². The molecule has 0 heterocycles. The van der Waals surface area contributed by atoms with Crippen molar-refractivity contribution in [1.82, 2.24) is 4.72 Å². The molecule has 152 valence electrons. The Kier molecular flexibility index (Phi) is 11.4. The number of rotatable bonds is 12. The molecule has 0 aromatic heterocycles. The second-order valence-corrected chi connectivity index (χ2v) is 9.55. The molecule has 10 heteroatoms. The lowest BCUT2D eigenvalue weighted by atomic mass is 10.1. The summed E-state index contributed by atoms with van der Waals surface area (Å²) in [5, 5.41) is 0. The molecule has 1 aromatic rings. The first kappa shape index (κ1) is 25.1. The molecular weight excluding hydrogens is 398 g/mol. The van der Waals surface area contributed by atoms with Gasteiger partial charge in [-0.25, -0.2) is 21.6 Å². The molecule has 0 radical (unpaired) electrons. The highest BCUT2D eigenvalue weighted by molar-refractivity contribution is 7.92. The van der Waals surface area contributed by atoms with E-state index in [9.17, 15) is 16.8 Å². The number of sulfonamides is 2. The Labute approximate surface area is 163 Å². The van der Waals surface area contributed by atoms with Crippen LogP contribution in [0.4, 0.5) is 5.69 Å². The lowest BCUT2D eigenvalue weighted by Crippen LogP contribution is -2.40. The lowest BCUT2D eigenvalue weighted by molar-refractivity contribution is 0.516. The van der Waals surface area contributed by atoms with E-state index in [-0.39, 0.29) is 35.6 Å². The van der Waals surface area contributed by atoms with Gasteiger partial charge in [0.25, 0.3) is 0 Å². The first-order valence-corrected chi connectivity index (χ1v) is 11.7. The SMILES string of the molecule is CCCCC(CN)NS(=O)(=O)c1ccc(NS(=O)(=O)CCCC)cc1.Cl. The van der Waals surface area contributed by atoms with Crippen molar-refractivity contribution in [2.75, 3.05) is 17.0 Å². The molecule has 0 spiro atoms. The third-order valence-electron chi connectivity index (χ3n) is 3.72. The van der Waals surface area contributed by atoms with Gasteiger partial charge in [-0.05, 0) is 37.1 Å². The first-order chi connectivity index (χ1) is 11.7. The topological polar surface area (TPSA) is 118 Å². The average molecular weight is 428 g/mol. The molecule has 1 atom stereocenters. The Morgan fingerprint density at radius 2 is 1.58 bits per heavy atom. The van der Waals surface area contributed by atoms with Crippen molar-refractivity contribution in [3.05, 3.63) is 24.3 Å². The molecule has 0 aliphatic rings. The van der Waals surface area contributed by atoms with Gasteiger partial charge in [-0.3, -0.25) is 4.72 Å². The van der Waals surface area contributed by atoms with Crippen molar-refractivity contribution in [3.63, 3.8) is 0 Å². The summed E-state index contributed by atoms with van der Waals surface area (Å²) in [6, 6.07) is 5.35. The van der Waals surface area contributed by atoms with Crippen molar-refractivity contribution in [2.45, 2.75) is 56.9 Å². The van der Waals surface area contributed by atoms with E-state index >= 15 is 0 Å². The van der Waals surface area contributed by atoms with Crippen molar-refractivity contribution in [3.8, 4) is 0 Å². The number of hydrogen-bond acceptors (Lipinski definition) is 5. The molecule has 0 amide bonds. The zero-order valence-electron chi connectivity index (χ0n) is 15.3. The number of anilines is 1. The maximum Gasteiger partial charge on any atom is 0.240 e. The third kappa shape index (κ3) is 8.68. The van der Waals surface area contributed by atoms with E-state index in [0.717, 1.165) is 19.3 Å². The summed E-state index contributed by atoms with van der Waals surface area (Å²) in [7, 11) is -7.09. The standard InChI is InChI=1S/C16H29N3O4S2.ClH/c1-3-5-7-15(13-17)19-25(22,23)16-10-8-14(9-11-16)18-24(20,21)12-6-4-2;/h8-11,15,18-19H,3-7,12-13,17H2,1-2H3;1H. The highest BCUT2D eigenvalue weighted by Crippen LogP contribution is 2.16. The second-order valence-electron chi connectivity index (χ2n) is 6.00. The molecule has 0 aliphatic heterocycles. The van der Waals surface area contributed by atoms with Gasteiger partial charge in [0.2, 0.25) is 20.0 Å². The lowest BCUT2D eigenvalue weighted by Gasteiger charge is -2.17. The van der Waals surface area contributed by atoms with Crippen LogP contribution in [-0.2, 0) is 20.0 Å². The zero-order valence-corrected chi connectivity index (χ0v) is 17.7. The number of nitrogens with two attached hydrogens (primary N) is 1. The van der Waals surface area contributed by atoms with Crippen molar-refractivity contribution in [1.29, 1.82) is 0 Å². The van der Waals surface area contributed by atoms with Crippen LogP contribution >= 0.6 is 12.4 Å². The maximum atomic E-state index is 12.4. The minimum absolute atomic E-state index is 0. The molecule has 1 unspecified atom stereocenters. The molecule has 1 aromatic carbocycles. The van der Waals surface area contributed by atoms with Crippen molar-refractivity contribution < 1.29 is 16.8 Å². The number of unbranched alkanes of at least 4 members (excludes halogenated alkanes) is 2. The Morgan fingerprint density at radius 1 is 1.00 bits per heavy atom. The summed E-state index contributed by atoms with van der Waals surface area (Å²) in [5.74, 6) is 0.0424. The third-order valence-corrected chi connectivity index (χ3v) is 6.63. The Hall–Kier alpha value is -0.870. The van der Waals surface area contributed by atoms with E-state index in [1.807, 2.05) is 13.8 Å². The summed E-state index contributed by atoms with van der Waals surface area (Å²) in [5.41, 5.74) is 5.97. The quantitative estimate of drug-likeness (QED) is 0.473. The van der Waals surface area contributed by atoms with Crippen LogP contribution in [0.5, 0.6) is 0 Å². The molecule has 0 aliphatic carbocycles. The van der Waals surface area contributed by atoms with Crippen LogP contribution in [0.25, 0.3) is 0 Å². The Bertz CT molecular complexity index is 722. The molecule has 4 N–H and O–H groups in total. The van der Waals surface area contributed by atoms with Crippen molar-refractivity contribution >= 4 is 38.1 Å². The number of nitrogens with one attached hydrogen (secondary N) is 2. The van der Waals surface area contributed by atoms with E-state index in [4.69, 9.17) is 5.73 Å². The fraction of sp³-hybridized carbons (Fsp3) is 0.625. The van der Waals surface area contributed by atoms with Crippen LogP contribution in [0, 0.1) is 0 Å². The van der Waals surface area contributed by atoms with Crippen LogP contribution in [0.1, 0.15) is 46.0 Å². The fourth-order valence-electron chi connectivity index (χ4n) is 2.23. The predicted molar refractivity (Wildman–Crippen MR) is 109 cm³/mol. The molecule has 0 saturated carbocycles. The summed E-state index contributed by atoms with van der Waals surface area (Å²) >= 11 is 0. The van der Waals surface area contributed by atoms with Gasteiger partial charge in [-0.1, -0.05) is 33.1 Å². The number of halogens is 1. The molecule has 0 bridgehead atoms. The number of hydrogen-bond donors (Lipinski definition) is 3. The van der Waals surface area contributed by atoms with Gasteiger partial charge >= 0.3 is 0 Å². The highest BCUT2D eigenvalue weighted by atomic mass is 35.5. The van der Waals surface area contributed by atoms with Gasteiger partial charge in [0, 0.05) is 18.3 Å². The average Bonchev–Trinajstić information content (AvgIpc) is 2.57. The van der Waals surface area contributed by atoms with Crippen LogP contribution in [0.3, 0.4) is 0 Å². The van der Waals surface area contributed by atoms with E-state index < -0.39 is 20.0 Å². The molecule has 1 rings (SSSR count). The van der Waals surface area contributed by atoms with Gasteiger partial charge in [0.1, 0.15) is 0 Å². The fourth-order valence-corrected chi connectivity index (χ4v) is 4.78. The highest BCUT2D eigenvalue weighted by Gasteiger charge is 2.19. The van der Waals surface area contributed by atoms with E-state index in [1.54, 1.807) is 0 Å². The molecule has 7 nitrogen and oxygen atoms in total. The first-order valence-electron chi connectivity index (χ1n) is 8.57. The minimum Gasteiger partial charge on any atom is -0.329 e. The number of benzene rings is 1. The summed E-state index contributed by atoms with van der Waals surface area (Å²) < 4.78 is 53.6. The van der Waals surface area contributed by atoms with E-state index in [2.05, 4.69) is 9.44 Å². The van der Waals surface area contributed by atoms with Gasteiger partial charge in [0.05, 0.1) is 10.6 Å².